The predicted octanol–water partition coefficient (Wildman–Crippen LogP) is 2.48. The Bertz CT molecular complexity index is 960. The zero-order chi connectivity index (χ0) is 25.5. The van der Waals surface area contributed by atoms with Gasteiger partial charge < -0.3 is 24.0 Å². The van der Waals surface area contributed by atoms with Crippen molar-refractivity contribution in [1.82, 2.24) is 14.5 Å². The topological polar surface area (TPSA) is 114 Å². The summed E-state index contributed by atoms with van der Waals surface area (Å²) in [5.74, 6) is 0.740. The van der Waals surface area contributed by atoms with E-state index in [2.05, 4.69) is 4.72 Å². The number of hydrogen-bond donors (Lipinski definition) is 1. The Morgan fingerprint density at radius 1 is 1.18 bits per heavy atom. The number of carbonyl (C=O) groups is 2. The molecule has 192 valence electrons. The average Bonchev–Trinajstić information content (AvgIpc) is 2.77. The highest BCUT2D eigenvalue weighted by Gasteiger charge is 2.27. The van der Waals surface area contributed by atoms with Crippen LogP contribution in [0.25, 0.3) is 0 Å². The Hall–Kier alpha value is -2.53. The number of methoxy groups -OCH3 is 2. The van der Waals surface area contributed by atoms with Crippen LogP contribution in [0.4, 0.5) is 4.79 Å². The molecule has 1 heterocycles. The fraction of sp³-hybridized carbons (Fsp3) is 0.652. The van der Waals surface area contributed by atoms with Gasteiger partial charge in [-0.2, -0.15) is 0 Å². The quantitative estimate of drug-likeness (QED) is 0.555. The number of ether oxygens (including phenoxy) is 3. The molecule has 2 rings (SSSR count). The Morgan fingerprint density at radius 2 is 1.85 bits per heavy atom. The smallest absolute Gasteiger partial charge is 0.410 e. The van der Waals surface area contributed by atoms with E-state index >= 15 is 0 Å². The van der Waals surface area contributed by atoms with Gasteiger partial charge in [-0.15, -0.1) is 0 Å². The number of sulfonamides is 1. The number of rotatable bonds is 9. The fourth-order valence-corrected chi connectivity index (χ4v) is 4.81. The lowest BCUT2D eigenvalue weighted by Gasteiger charge is -2.35. The second-order valence-electron chi connectivity index (χ2n) is 9.37. The third kappa shape index (κ3) is 8.05. The number of nitrogens with one attached hydrogen (secondary N) is 1. The highest BCUT2D eigenvalue weighted by Crippen LogP contribution is 2.29. The molecule has 0 saturated carbocycles. The van der Waals surface area contributed by atoms with Gasteiger partial charge in [0.05, 0.1) is 19.1 Å². The average molecular weight is 500 g/mol. The predicted molar refractivity (Wildman–Crippen MR) is 128 cm³/mol. The molecule has 1 atom stereocenters. The van der Waals surface area contributed by atoms with Crippen molar-refractivity contribution < 1.29 is 32.2 Å². The van der Waals surface area contributed by atoms with Crippen molar-refractivity contribution in [3.8, 4) is 11.5 Å². The lowest BCUT2D eigenvalue weighted by atomic mass is 9.97. The maximum Gasteiger partial charge on any atom is 0.410 e. The number of benzene rings is 1. The van der Waals surface area contributed by atoms with Crippen molar-refractivity contribution in [2.75, 3.05) is 47.4 Å². The van der Waals surface area contributed by atoms with Crippen LogP contribution in [-0.4, -0.2) is 83.3 Å². The standard InChI is InChI=1S/C23H37N3O7S/c1-23(2,3)33-22(28)25(4)15-17-8-7-13-26(16-17)21(27)11-12-24-34(29,30)18-9-10-19(31-5)20(14-18)32-6/h9-10,14,17,24H,7-8,11-13,15-16H2,1-6H3. The lowest BCUT2D eigenvalue weighted by Crippen LogP contribution is -2.45. The Morgan fingerprint density at radius 3 is 2.47 bits per heavy atom. The largest absolute Gasteiger partial charge is 0.493 e. The summed E-state index contributed by atoms with van der Waals surface area (Å²) in [6.07, 6.45) is 1.39. The third-order valence-corrected chi connectivity index (χ3v) is 6.86. The van der Waals surface area contributed by atoms with Crippen molar-refractivity contribution in [2.45, 2.75) is 50.5 Å². The van der Waals surface area contributed by atoms with Crippen LogP contribution in [0.1, 0.15) is 40.0 Å². The van der Waals surface area contributed by atoms with E-state index in [1.807, 2.05) is 20.8 Å². The van der Waals surface area contributed by atoms with Crippen LogP contribution < -0.4 is 14.2 Å². The number of amides is 2. The molecule has 10 nitrogen and oxygen atoms in total. The zero-order valence-corrected chi connectivity index (χ0v) is 21.7. The van der Waals surface area contributed by atoms with Crippen molar-refractivity contribution in [3.63, 3.8) is 0 Å². The molecule has 0 spiro atoms. The van der Waals surface area contributed by atoms with Crippen LogP contribution in [0.3, 0.4) is 0 Å². The van der Waals surface area contributed by atoms with E-state index in [1.165, 1.54) is 32.4 Å². The molecule has 0 radical (unpaired) electrons. The summed E-state index contributed by atoms with van der Waals surface area (Å²) in [7, 11) is 0.779. The first-order valence-electron chi connectivity index (χ1n) is 11.3. The Labute approximate surface area is 202 Å². The molecule has 1 aliphatic rings. The Balaban J connectivity index is 1.87. The molecule has 1 fully saturated rings. The lowest BCUT2D eigenvalue weighted by molar-refractivity contribution is -0.132. The molecule has 1 aliphatic heterocycles. The second kappa shape index (κ2) is 11.7. The first-order valence-corrected chi connectivity index (χ1v) is 12.8. The summed E-state index contributed by atoms with van der Waals surface area (Å²) >= 11 is 0. The number of hydrogen-bond acceptors (Lipinski definition) is 7. The molecule has 0 aliphatic carbocycles. The van der Waals surface area contributed by atoms with E-state index in [9.17, 15) is 18.0 Å². The molecule has 0 aromatic heterocycles. The van der Waals surface area contributed by atoms with E-state index in [-0.39, 0.29) is 35.8 Å². The van der Waals surface area contributed by atoms with Crippen LogP contribution in [0.5, 0.6) is 11.5 Å². The molecule has 1 aromatic carbocycles. The molecule has 1 unspecified atom stereocenters. The first kappa shape index (κ1) is 27.7. The first-order chi connectivity index (χ1) is 15.9. The van der Waals surface area contributed by atoms with Gasteiger partial charge in [-0.05, 0) is 51.7 Å². The third-order valence-electron chi connectivity index (χ3n) is 5.41. The number of piperidine rings is 1. The summed E-state index contributed by atoms with van der Waals surface area (Å²) in [6, 6.07) is 4.31. The van der Waals surface area contributed by atoms with Gasteiger partial charge >= 0.3 is 6.09 Å². The summed E-state index contributed by atoms with van der Waals surface area (Å²) in [5, 5.41) is 0. The molecular formula is C23H37N3O7S. The molecule has 1 aromatic rings. The normalized spacial score (nSPS) is 16.6. The Kier molecular flexibility index (Phi) is 9.57. The van der Waals surface area contributed by atoms with Gasteiger partial charge in [0.25, 0.3) is 0 Å². The minimum absolute atomic E-state index is 0.0194. The maximum atomic E-state index is 12.7. The molecule has 1 saturated heterocycles. The van der Waals surface area contributed by atoms with Crippen LogP contribution >= 0.6 is 0 Å². The van der Waals surface area contributed by atoms with E-state index in [0.717, 1.165) is 12.8 Å². The van der Waals surface area contributed by atoms with Crippen molar-refractivity contribution in [1.29, 1.82) is 0 Å². The van der Waals surface area contributed by atoms with E-state index in [4.69, 9.17) is 14.2 Å². The van der Waals surface area contributed by atoms with Gasteiger partial charge in [0.15, 0.2) is 11.5 Å². The van der Waals surface area contributed by atoms with Crippen LogP contribution in [0.15, 0.2) is 23.1 Å². The van der Waals surface area contributed by atoms with E-state index in [0.29, 0.717) is 31.1 Å². The molecule has 0 bridgehead atoms. The van der Waals surface area contributed by atoms with Crippen molar-refractivity contribution in [2.24, 2.45) is 5.92 Å². The van der Waals surface area contributed by atoms with Crippen molar-refractivity contribution in [3.05, 3.63) is 18.2 Å². The van der Waals surface area contributed by atoms with Gasteiger partial charge in [0.2, 0.25) is 15.9 Å². The van der Waals surface area contributed by atoms with Crippen LogP contribution in [0.2, 0.25) is 0 Å². The van der Waals surface area contributed by atoms with E-state index in [1.54, 1.807) is 16.8 Å². The number of likely N-dealkylation sites (tertiary alicyclic amines) is 1. The van der Waals surface area contributed by atoms with E-state index < -0.39 is 15.6 Å². The molecule has 2 amide bonds. The van der Waals surface area contributed by atoms with Crippen molar-refractivity contribution >= 4 is 22.0 Å². The van der Waals surface area contributed by atoms with Gasteiger partial charge in [0.1, 0.15) is 5.60 Å². The number of carbonyl (C=O) groups excluding carboxylic acids is 2. The monoisotopic (exact) mass is 499 g/mol. The number of nitrogens with zero attached hydrogens (tertiary/aromatic N) is 2. The molecule has 1 N–H and O–H groups in total. The van der Waals surface area contributed by atoms with Gasteiger partial charge in [-0.25, -0.2) is 17.9 Å². The molecular weight excluding hydrogens is 462 g/mol. The molecule has 11 heteroatoms. The zero-order valence-electron chi connectivity index (χ0n) is 20.9. The summed E-state index contributed by atoms with van der Waals surface area (Å²) in [4.78, 5) is 28.2. The minimum atomic E-state index is -3.81. The summed E-state index contributed by atoms with van der Waals surface area (Å²) < 4.78 is 43.4. The summed E-state index contributed by atoms with van der Waals surface area (Å²) in [5.41, 5.74) is -0.565. The highest BCUT2D eigenvalue weighted by molar-refractivity contribution is 7.89. The van der Waals surface area contributed by atoms with Gasteiger partial charge in [-0.3, -0.25) is 4.79 Å². The molecule has 34 heavy (non-hydrogen) atoms. The highest BCUT2D eigenvalue weighted by atomic mass is 32.2. The van der Waals surface area contributed by atoms with Gasteiger partial charge in [0, 0.05) is 45.7 Å². The maximum absolute atomic E-state index is 12.7. The van der Waals surface area contributed by atoms with Gasteiger partial charge in [-0.1, -0.05) is 0 Å². The minimum Gasteiger partial charge on any atom is -0.493 e. The van der Waals surface area contributed by atoms with Crippen LogP contribution in [0, 0.1) is 5.92 Å². The fourth-order valence-electron chi connectivity index (χ4n) is 3.76. The SMILES string of the molecule is COc1ccc(S(=O)(=O)NCCC(=O)N2CCCC(CN(C)C(=O)OC(C)(C)C)C2)cc1OC. The second-order valence-corrected chi connectivity index (χ2v) is 11.1. The van der Waals surface area contributed by atoms with Crippen LogP contribution in [-0.2, 0) is 19.6 Å². The summed E-state index contributed by atoms with van der Waals surface area (Å²) in [6.45, 7) is 7.07.